The quantitative estimate of drug-likeness (QED) is 0.372. The first-order valence-electron chi connectivity index (χ1n) is 9.56. The highest BCUT2D eigenvalue weighted by atomic mass is 127. The summed E-state index contributed by atoms with van der Waals surface area (Å²) < 4.78 is 5.49. The Morgan fingerprint density at radius 2 is 1.86 bits per heavy atom. The minimum atomic E-state index is 0. The van der Waals surface area contributed by atoms with Crippen LogP contribution in [0.5, 0.6) is 5.75 Å². The van der Waals surface area contributed by atoms with Crippen LogP contribution in [0.3, 0.4) is 0 Å². The van der Waals surface area contributed by atoms with Crippen LogP contribution in [0.4, 0.5) is 0 Å². The largest absolute Gasteiger partial charge is 0.496 e. The van der Waals surface area contributed by atoms with Crippen molar-refractivity contribution >= 4 is 35.5 Å². The fraction of sp³-hybridized carbons (Fsp3) is 0.348. The van der Waals surface area contributed by atoms with Crippen LogP contribution in [0, 0.1) is 0 Å². The lowest BCUT2D eigenvalue weighted by molar-refractivity contribution is 0.405. The van der Waals surface area contributed by atoms with Gasteiger partial charge in [-0.05, 0) is 29.2 Å². The molecule has 2 aromatic carbocycles. The van der Waals surface area contributed by atoms with E-state index in [2.05, 4.69) is 70.7 Å². The number of para-hydroxylation sites is 1. The van der Waals surface area contributed by atoms with Gasteiger partial charge in [0.25, 0.3) is 0 Å². The maximum Gasteiger partial charge on any atom is 0.193 e. The molecule has 1 unspecified atom stereocenters. The van der Waals surface area contributed by atoms with E-state index in [4.69, 9.17) is 4.74 Å². The van der Waals surface area contributed by atoms with E-state index >= 15 is 0 Å². The van der Waals surface area contributed by atoms with E-state index in [0.717, 1.165) is 37.8 Å². The van der Waals surface area contributed by atoms with Crippen LogP contribution in [0.25, 0.3) is 5.57 Å². The maximum absolute atomic E-state index is 5.49. The Morgan fingerprint density at radius 1 is 1.14 bits per heavy atom. The Bertz CT molecular complexity index is 805. The Morgan fingerprint density at radius 3 is 2.50 bits per heavy atom. The number of guanidine groups is 1. The van der Waals surface area contributed by atoms with Crippen molar-refractivity contribution < 1.29 is 4.74 Å². The van der Waals surface area contributed by atoms with Gasteiger partial charge in [0.1, 0.15) is 5.75 Å². The first-order valence-corrected chi connectivity index (χ1v) is 9.56. The van der Waals surface area contributed by atoms with E-state index in [1.165, 1.54) is 16.7 Å². The number of hydrogen-bond donors (Lipinski definition) is 1. The van der Waals surface area contributed by atoms with Crippen LogP contribution in [0.15, 0.2) is 65.7 Å². The third kappa shape index (κ3) is 5.50. The highest BCUT2D eigenvalue weighted by Crippen LogP contribution is 2.26. The number of hydrogen-bond acceptors (Lipinski definition) is 2. The van der Waals surface area contributed by atoms with Gasteiger partial charge >= 0.3 is 0 Å². The van der Waals surface area contributed by atoms with Gasteiger partial charge in [-0.1, -0.05) is 61.5 Å². The minimum Gasteiger partial charge on any atom is -0.496 e. The lowest BCUT2D eigenvalue weighted by Crippen LogP contribution is -2.44. The summed E-state index contributed by atoms with van der Waals surface area (Å²) in [5.74, 6) is 2.23. The Balaban J connectivity index is 0.00000280. The summed E-state index contributed by atoms with van der Waals surface area (Å²) in [5, 5.41) is 3.53. The summed E-state index contributed by atoms with van der Waals surface area (Å²) in [6.07, 6.45) is 3.35. The first kappa shape index (κ1) is 22.3. The second kappa shape index (κ2) is 11.1. The molecular formula is C23H30IN3O. The number of nitrogens with zero attached hydrogens (tertiary/aromatic N) is 2. The highest BCUT2D eigenvalue weighted by molar-refractivity contribution is 14.0. The fourth-order valence-electron chi connectivity index (χ4n) is 3.54. The lowest BCUT2D eigenvalue weighted by Gasteiger charge is -2.30. The predicted octanol–water partition coefficient (Wildman–Crippen LogP) is 4.78. The van der Waals surface area contributed by atoms with Crippen molar-refractivity contribution in [2.75, 3.05) is 33.8 Å². The van der Waals surface area contributed by atoms with Gasteiger partial charge in [0, 0.05) is 32.6 Å². The van der Waals surface area contributed by atoms with E-state index in [-0.39, 0.29) is 24.0 Å². The normalized spacial score (nSPS) is 15.3. The molecule has 28 heavy (non-hydrogen) atoms. The van der Waals surface area contributed by atoms with Gasteiger partial charge in [0.15, 0.2) is 5.96 Å². The molecule has 4 nitrogen and oxygen atoms in total. The molecule has 0 spiro atoms. The molecule has 1 heterocycles. The number of methoxy groups -OCH3 is 1. The minimum absolute atomic E-state index is 0. The molecule has 1 aliphatic rings. The van der Waals surface area contributed by atoms with Crippen LogP contribution >= 0.6 is 24.0 Å². The van der Waals surface area contributed by atoms with Crippen molar-refractivity contribution in [3.8, 4) is 5.75 Å². The Labute approximate surface area is 185 Å². The van der Waals surface area contributed by atoms with Crippen LogP contribution in [-0.2, 0) is 0 Å². The van der Waals surface area contributed by atoms with Gasteiger partial charge < -0.3 is 15.0 Å². The first-order chi connectivity index (χ1) is 13.2. The number of nitrogens with one attached hydrogen (secondary N) is 1. The van der Waals surface area contributed by atoms with Gasteiger partial charge in [0.05, 0.1) is 7.11 Å². The number of benzene rings is 2. The average Bonchev–Trinajstić information content (AvgIpc) is 2.75. The molecule has 1 atom stereocenters. The zero-order valence-electron chi connectivity index (χ0n) is 16.9. The molecule has 5 heteroatoms. The molecule has 2 aromatic rings. The number of rotatable bonds is 5. The van der Waals surface area contributed by atoms with Crippen molar-refractivity contribution in [1.82, 2.24) is 10.2 Å². The van der Waals surface area contributed by atoms with Crippen LogP contribution in [-0.4, -0.2) is 44.7 Å². The standard InChI is InChI=1S/C23H29N3O.HI/c1-18(21-11-7-8-12-22(21)27-3)17-25-23(24-2)26-15-13-20(14-16-26)19-9-5-4-6-10-19;/h4-13,18H,14-17H2,1-3H3,(H,24,25);1H. The lowest BCUT2D eigenvalue weighted by atomic mass is 9.99. The van der Waals surface area contributed by atoms with E-state index in [1.807, 2.05) is 19.2 Å². The van der Waals surface area contributed by atoms with Gasteiger partial charge in [0.2, 0.25) is 0 Å². The summed E-state index contributed by atoms with van der Waals surface area (Å²) in [6, 6.07) is 18.8. The van der Waals surface area contributed by atoms with Crippen molar-refractivity contribution in [1.29, 1.82) is 0 Å². The third-order valence-electron chi connectivity index (χ3n) is 5.10. The molecule has 0 bridgehead atoms. The Kier molecular flexibility index (Phi) is 8.83. The zero-order chi connectivity index (χ0) is 19.1. The Hall–Kier alpha value is -2.02. The number of ether oxygens (including phenoxy) is 1. The molecule has 0 aromatic heterocycles. The zero-order valence-corrected chi connectivity index (χ0v) is 19.2. The highest BCUT2D eigenvalue weighted by Gasteiger charge is 2.17. The summed E-state index contributed by atoms with van der Waals surface area (Å²) in [4.78, 5) is 6.80. The van der Waals surface area contributed by atoms with E-state index < -0.39 is 0 Å². The van der Waals surface area contributed by atoms with Crippen molar-refractivity contribution in [2.24, 2.45) is 4.99 Å². The summed E-state index contributed by atoms with van der Waals surface area (Å²) in [7, 11) is 3.58. The van der Waals surface area contributed by atoms with Gasteiger partial charge in [-0.3, -0.25) is 4.99 Å². The fourth-order valence-corrected chi connectivity index (χ4v) is 3.54. The third-order valence-corrected chi connectivity index (χ3v) is 5.10. The van der Waals surface area contributed by atoms with Crippen molar-refractivity contribution in [2.45, 2.75) is 19.3 Å². The molecule has 1 N–H and O–H groups in total. The molecule has 0 amide bonds. The number of aliphatic imine (C=N–C) groups is 1. The van der Waals surface area contributed by atoms with E-state index in [0.29, 0.717) is 5.92 Å². The molecule has 150 valence electrons. The van der Waals surface area contributed by atoms with Crippen LogP contribution < -0.4 is 10.1 Å². The van der Waals surface area contributed by atoms with Crippen LogP contribution in [0.1, 0.15) is 30.4 Å². The summed E-state index contributed by atoms with van der Waals surface area (Å²) in [6.45, 7) is 4.89. The monoisotopic (exact) mass is 491 g/mol. The molecule has 0 fully saturated rings. The second-order valence-electron chi connectivity index (χ2n) is 6.86. The molecular weight excluding hydrogens is 461 g/mol. The van der Waals surface area contributed by atoms with Crippen LogP contribution in [0.2, 0.25) is 0 Å². The maximum atomic E-state index is 5.49. The van der Waals surface area contributed by atoms with Gasteiger partial charge in [-0.2, -0.15) is 0 Å². The second-order valence-corrected chi connectivity index (χ2v) is 6.86. The molecule has 0 saturated heterocycles. The average molecular weight is 491 g/mol. The van der Waals surface area contributed by atoms with E-state index in [1.54, 1.807) is 7.11 Å². The topological polar surface area (TPSA) is 36.9 Å². The molecule has 1 aliphatic heterocycles. The molecule has 3 rings (SSSR count). The number of halogens is 1. The summed E-state index contributed by atoms with van der Waals surface area (Å²) in [5.41, 5.74) is 3.96. The van der Waals surface area contributed by atoms with Crippen molar-refractivity contribution in [3.63, 3.8) is 0 Å². The van der Waals surface area contributed by atoms with Gasteiger partial charge in [-0.25, -0.2) is 0 Å². The van der Waals surface area contributed by atoms with E-state index in [9.17, 15) is 0 Å². The SMILES string of the molecule is CN=C(NCC(C)c1ccccc1OC)N1CC=C(c2ccccc2)CC1.I. The molecule has 0 aliphatic carbocycles. The van der Waals surface area contributed by atoms with Gasteiger partial charge in [-0.15, -0.1) is 24.0 Å². The molecule has 0 saturated carbocycles. The van der Waals surface area contributed by atoms with Crippen molar-refractivity contribution in [3.05, 3.63) is 71.8 Å². The molecule has 0 radical (unpaired) electrons. The smallest absolute Gasteiger partial charge is 0.193 e. The predicted molar refractivity (Wildman–Crippen MR) is 129 cm³/mol. The summed E-state index contributed by atoms with van der Waals surface area (Å²) >= 11 is 0.